The van der Waals surface area contributed by atoms with E-state index in [4.69, 9.17) is 16.6 Å². The van der Waals surface area contributed by atoms with Gasteiger partial charge in [-0.3, -0.25) is 0 Å². The van der Waals surface area contributed by atoms with Crippen LogP contribution in [0.3, 0.4) is 0 Å². The molecular weight excluding hydrogens is 276 g/mol. The molecule has 2 bridgehead atoms. The summed E-state index contributed by atoms with van der Waals surface area (Å²) in [6, 6.07) is 7.56. The third-order valence-corrected chi connectivity index (χ3v) is 5.72. The molecule has 1 aromatic heterocycles. The number of benzene rings is 1. The normalized spacial score (nSPS) is 30.1. The summed E-state index contributed by atoms with van der Waals surface area (Å²) in [7, 11) is 0. The second-order valence-corrected chi connectivity index (χ2v) is 7.45. The average Bonchev–Trinajstić information content (AvgIpc) is 2.92. The van der Waals surface area contributed by atoms with Gasteiger partial charge in [0, 0.05) is 23.5 Å². The summed E-state index contributed by atoms with van der Waals surface area (Å²) in [5, 5.41) is 5.77. The topological polar surface area (TPSA) is 24.9 Å². The predicted octanol–water partition coefficient (Wildman–Crippen LogP) is 4.02. The molecule has 2 nitrogen and oxygen atoms in total. The standard InChI is InChI=1S/C15H17ClN2S/c16-10-1-4-14-13(8-10)18-15(19-14)7-9-5-11-2-3-12(6-9)17-11/h1,4,8-9,11-12,17H,2-3,5-7H2. The minimum absolute atomic E-state index is 0.771. The number of rotatable bonds is 2. The Morgan fingerprint density at radius 1 is 1.26 bits per heavy atom. The van der Waals surface area contributed by atoms with Gasteiger partial charge in [-0.05, 0) is 49.8 Å². The van der Waals surface area contributed by atoms with Crippen LogP contribution in [0.4, 0.5) is 0 Å². The Bertz CT molecular complexity index is 597. The van der Waals surface area contributed by atoms with Crippen LogP contribution in [-0.4, -0.2) is 17.1 Å². The van der Waals surface area contributed by atoms with E-state index >= 15 is 0 Å². The Labute approximate surface area is 122 Å². The van der Waals surface area contributed by atoms with E-state index in [0.29, 0.717) is 0 Å². The number of hydrogen-bond donors (Lipinski definition) is 1. The van der Waals surface area contributed by atoms with E-state index in [-0.39, 0.29) is 0 Å². The molecule has 1 N–H and O–H groups in total. The zero-order valence-electron chi connectivity index (χ0n) is 10.7. The van der Waals surface area contributed by atoms with E-state index in [1.54, 1.807) is 0 Å². The summed E-state index contributed by atoms with van der Waals surface area (Å²) < 4.78 is 1.26. The maximum atomic E-state index is 6.02. The first-order valence-corrected chi connectivity index (χ1v) is 8.27. The molecule has 2 fully saturated rings. The Morgan fingerprint density at radius 3 is 2.84 bits per heavy atom. The quantitative estimate of drug-likeness (QED) is 0.904. The van der Waals surface area contributed by atoms with Crippen LogP contribution in [-0.2, 0) is 6.42 Å². The summed E-state index contributed by atoms with van der Waals surface area (Å²) in [5.74, 6) is 0.815. The third kappa shape index (κ3) is 2.39. The molecule has 0 saturated carbocycles. The smallest absolute Gasteiger partial charge is 0.0941 e. The molecule has 2 saturated heterocycles. The number of halogens is 1. The lowest BCUT2D eigenvalue weighted by Crippen LogP contribution is -2.38. The van der Waals surface area contributed by atoms with Crippen LogP contribution in [0.15, 0.2) is 18.2 Å². The van der Waals surface area contributed by atoms with Crippen molar-refractivity contribution in [2.45, 2.75) is 44.2 Å². The van der Waals surface area contributed by atoms with Crippen molar-refractivity contribution in [3.05, 3.63) is 28.2 Å². The summed E-state index contributed by atoms with van der Waals surface area (Å²) in [6.45, 7) is 0. The van der Waals surface area contributed by atoms with Crippen molar-refractivity contribution < 1.29 is 0 Å². The van der Waals surface area contributed by atoms with Crippen LogP contribution in [0, 0.1) is 5.92 Å². The van der Waals surface area contributed by atoms with Gasteiger partial charge in [-0.15, -0.1) is 11.3 Å². The molecule has 0 aliphatic carbocycles. The highest BCUT2D eigenvalue weighted by atomic mass is 35.5. The lowest BCUT2D eigenvalue weighted by molar-refractivity contribution is 0.298. The molecule has 4 rings (SSSR count). The van der Waals surface area contributed by atoms with E-state index < -0.39 is 0 Å². The highest BCUT2D eigenvalue weighted by Crippen LogP contribution is 2.34. The van der Waals surface area contributed by atoms with Gasteiger partial charge in [-0.2, -0.15) is 0 Å². The van der Waals surface area contributed by atoms with Crippen LogP contribution in [0.2, 0.25) is 5.02 Å². The molecule has 0 spiro atoms. The highest BCUT2D eigenvalue weighted by molar-refractivity contribution is 7.18. The Hall–Kier alpha value is -0.640. The van der Waals surface area contributed by atoms with E-state index in [2.05, 4.69) is 11.4 Å². The van der Waals surface area contributed by atoms with Gasteiger partial charge in [0.25, 0.3) is 0 Å². The Morgan fingerprint density at radius 2 is 2.05 bits per heavy atom. The lowest BCUT2D eigenvalue weighted by atomic mass is 9.90. The third-order valence-electron chi connectivity index (χ3n) is 4.43. The summed E-state index contributed by atoms with van der Waals surface area (Å²) in [4.78, 5) is 4.75. The molecule has 2 unspecified atom stereocenters. The van der Waals surface area contributed by atoms with Crippen molar-refractivity contribution in [1.29, 1.82) is 0 Å². The van der Waals surface area contributed by atoms with Crippen molar-refractivity contribution in [3.8, 4) is 0 Å². The SMILES string of the molecule is Clc1ccc2sc(CC3CC4CCC(C3)N4)nc2c1. The largest absolute Gasteiger partial charge is 0.311 e. The maximum absolute atomic E-state index is 6.02. The van der Waals surface area contributed by atoms with Crippen LogP contribution in [0.25, 0.3) is 10.2 Å². The van der Waals surface area contributed by atoms with Crippen molar-refractivity contribution in [1.82, 2.24) is 10.3 Å². The average molecular weight is 293 g/mol. The number of aromatic nitrogens is 1. The van der Waals surface area contributed by atoms with E-state index in [1.807, 2.05) is 23.5 Å². The fourth-order valence-electron chi connectivity index (χ4n) is 3.62. The zero-order chi connectivity index (χ0) is 12.8. The predicted molar refractivity (Wildman–Crippen MR) is 81.0 cm³/mol. The van der Waals surface area contributed by atoms with Gasteiger partial charge >= 0.3 is 0 Å². The number of nitrogens with one attached hydrogen (secondary N) is 1. The monoisotopic (exact) mass is 292 g/mol. The number of thiazole rings is 1. The highest BCUT2D eigenvalue weighted by Gasteiger charge is 2.33. The fraction of sp³-hybridized carbons (Fsp3) is 0.533. The van der Waals surface area contributed by atoms with Crippen LogP contribution < -0.4 is 5.32 Å². The molecule has 19 heavy (non-hydrogen) atoms. The Balaban J connectivity index is 1.54. The molecule has 4 heteroatoms. The van der Waals surface area contributed by atoms with E-state index in [1.165, 1.54) is 35.4 Å². The van der Waals surface area contributed by atoms with Crippen LogP contribution in [0.5, 0.6) is 0 Å². The van der Waals surface area contributed by atoms with E-state index in [9.17, 15) is 0 Å². The number of nitrogens with zero attached hydrogens (tertiary/aromatic N) is 1. The van der Waals surface area contributed by atoms with Crippen molar-refractivity contribution in [2.75, 3.05) is 0 Å². The molecule has 100 valence electrons. The number of fused-ring (bicyclic) bond motifs is 3. The van der Waals surface area contributed by atoms with Crippen molar-refractivity contribution >= 4 is 33.2 Å². The lowest BCUT2D eigenvalue weighted by Gasteiger charge is -2.28. The number of piperidine rings is 1. The van der Waals surface area contributed by atoms with Crippen LogP contribution in [0.1, 0.15) is 30.7 Å². The van der Waals surface area contributed by atoms with Gasteiger partial charge in [0.1, 0.15) is 0 Å². The maximum Gasteiger partial charge on any atom is 0.0941 e. The van der Waals surface area contributed by atoms with Crippen molar-refractivity contribution in [2.24, 2.45) is 5.92 Å². The molecule has 2 atom stereocenters. The second-order valence-electron chi connectivity index (χ2n) is 5.90. The summed E-state index contributed by atoms with van der Waals surface area (Å²) in [5.41, 5.74) is 1.06. The fourth-order valence-corrected chi connectivity index (χ4v) is 4.85. The molecule has 2 aliphatic rings. The molecule has 0 radical (unpaired) electrons. The minimum atomic E-state index is 0.771. The van der Waals surface area contributed by atoms with Gasteiger partial charge in [-0.25, -0.2) is 4.98 Å². The summed E-state index contributed by atoms with van der Waals surface area (Å²) in [6.07, 6.45) is 6.54. The first-order chi connectivity index (χ1) is 9.26. The number of hydrogen-bond acceptors (Lipinski definition) is 3. The van der Waals surface area contributed by atoms with Crippen molar-refractivity contribution in [3.63, 3.8) is 0 Å². The van der Waals surface area contributed by atoms with Gasteiger partial charge in [0.2, 0.25) is 0 Å². The molecule has 2 aromatic rings. The molecule has 1 aromatic carbocycles. The van der Waals surface area contributed by atoms with Gasteiger partial charge < -0.3 is 5.32 Å². The first-order valence-electron chi connectivity index (χ1n) is 7.07. The first kappa shape index (κ1) is 12.1. The zero-order valence-corrected chi connectivity index (χ0v) is 12.3. The molecule has 2 aliphatic heterocycles. The van der Waals surface area contributed by atoms with Gasteiger partial charge in [0.05, 0.1) is 15.2 Å². The van der Waals surface area contributed by atoms with Gasteiger partial charge in [-0.1, -0.05) is 11.6 Å². The van der Waals surface area contributed by atoms with E-state index in [0.717, 1.165) is 35.0 Å². The van der Waals surface area contributed by atoms with Crippen LogP contribution >= 0.6 is 22.9 Å². The Kier molecular flexibility index (Phi) is 3.02. The molecule has 3 heterocycles. The van der Waals surface area contributed by atoms with Gasteiger partial charge in [0.15, 0.2) is 0 Å². The molecule has 0 amide bonds. The summed E-state index contributed by atoms with van der Waals surface area (Å²) >= 11 is 7.85. The second kappa shape index (κ2) is 4.72. The minimum Gasteiger partial charge on any atom is -0.311 e. The molecular formula is C15H17ClN2S.